The van der Waals surface area contributed by atoms with Gasteiger partial charge in [-0.15, -0.1) is 0 Å². The number of carbonyl (C=O) groups is 1. The van der Waals surface area contributed by atoms with Gasteiger partial charge >= 0.3 is 5.97 Å². The maximum atomic E-state index is 10.9. The van der Waals surface area contributed by atoms with Crippen LogP contribution in [0, 0.1) is 5.92 Å². The van der Waals surface area contributed by atoms with E-state index in [-0.39, 0.29) is 0 Å². The van der Waals surface area contributed by atoms with E-state index in [4.69, 9.17) is 5.11 Å². The lowest BCUT2D eigenvalue weighted by atomic mass is 10.1. The average Bonchev–Trinajstić information content (AvgIpc) is 2.43. The van der Waals surface area contributed by atoms with Crippen molar-refractivity contribution in [1.29, 1.82) is 0 Å². The molecular weight excluding hydrogens is 240 g/mol. The van der Waals surface area contributed by atoms with Gasteiger partial charge in [-0.1, -0.05) is 25.1 Å². The second-order valence-electron chi connectivity index (χ2n) is 4.64. The molecule has 19 heavy (non-hydrogen) atoms. The van der Waals surface area contributed by atoms with Crippen LogP contribution in [-0.4, -0.2) is 29.1 Å². The number of para-hydroxylation sites is 1. The number of carboxylic acid groups (broad SMARTS) is 1. The van der Waals surface area contributed by atoms with Crippen LogP contribution in [0.4, 0.5) is 5.82 Å². The Morgan fingerprint density at radius 2 is 2.05 bits per heavy atom. The van der Waals surface area contributed by atoms with Gasteiger partial charge in [-0.3, -0.25) is 4.79 Å². The summed E-state index contributed by atoms with van der Waals surface area (Å²) in [6.07, 6.45) is 0. The normalized spacial score (nSPS) is 12.3. The summed E-state index contributed by atoms with van der Waals surface area (Å²) in [6.45, 7) is 4.93. The van der Waals surface area contributed by atoms with Gasteiger partial charge in [0.25, 0.3) is 0 Å². The third-order valence-electron chi connectivity index (χ3n) is 3.21. The number of benzene rings is 1. The quantitative estimate of drug-likeness (QED) is 0.896. The van der Waals surface area contributed by atoms with E-state index < -0.39 is 11.9 Å². The summed E-state index contributed by atoms with van der Waals surface area (Å²) in [5.74, 6) is -0.359. The Balaban J connectivity index is 2.27. The van der Waals surface area contributed by atoms with E-state index in [1.807, 2.05) is 48.2 Å². The molecule has 0 amide bonds. The Bertz CT molecular complexity index is 583. The van der Waals surface area contributed by atoms with Crippen molar-refractivity contribution in [2.24, 2.45) is 5.92 Å². The zero-order valence-corrected chi connectivity index (χ0v) is 11.2. The molecular formula is C15H18N2O2. The van der Waals surface area contributed by atoms with Gasteiger partial charge in [0.2, 0.25) is 0 Å². The largest absolute Gasteiger partial charge is 0.481 e. The standard InChI is InChI=1S/C15H18N2O2/c1-3-17(10-11(2)15(18)19)14-9-8-12-6-4-5-7-13(12)16-14/h4-9,11H,3,10H2,1-2H3,(H,18,19). The summed E-state index contributed by atoms with van der Waals surface area (Å²) >= 11 is 0. The predicted octanol–water partition coefficient (Wildman–Crippen LogP) is 2.78. The molecule has 0 spiro atoms. The number of aromatic nitrogens is 1. The molecule has 1 N–H and O–H groups in total. The minimum atomic E-state index is -0.778. The zero-order chi connectivity index (χ0) is 13.8. The topological polar surface area (TPSA) is 53.4 Å². The number of hydrogen-bond donors (Lipinski definition) is 1. The highest BCUT2D eigenvalue weighted by Gasteiger charge is 2.16. The number of carboxylic acids is 1. The van der Waals surface area contributed by atoms with Crippen molar-refractivity contribution in [3.8, 4) is 0 Å². The molecule has 0 aliphatic carbocycles. The van der Waals surface area contributed by atoms with Crippen LogP contribution in [0.15, 0.2) is 36.4 Å². The Labute approximate surface area is 112 Å². The molecule has 0 saturated carbocycles. The highest BCUT2D eigenvalue weighted by atomic mass is 16.4. The fourth-order valence-electron chi connectivity index (χ4n) is 2.02. The van der Waals surface area contributed by atoms with Crippen molar-refractivity contribution in [1.82, 2.24) is 4.98 Å². The lowest BCUT2D eigenvalue weighted by Gasteiger charge is -2.24. The summed E-state index contributed by atoms with van der Waals surface area (Å²) in [5.41, 5.74) is 0.932. The Morgan fingerprint density at radius 1 is 1.32 bits per heavy atom. The van der Waals surface area contributed by atoms with Gasteiger partial charge in [-0.25, -0.2) is 4.98 Å². The van der Waals surface area contributed by atoms with Gasteiger partial charge in [-0.2, -0.15) is 0 Å². The van der Waals surface area contributed by atoms with Crippen LogP contribution in [0.3, 0.4) is 0 Å². The molecule has 1 aromatic carbocycles. The first-order chi connectivity index (χ1) is 9.11. The van der Waals surface area contributed by atoms with Crippen LogP contribution in [-0.2, 0) is 4.79 Å². The van der Waals surface area contributed by atoms with Crippen LogP contribution in [0.1, 0.15) is 13.8 Å². The van der Waals surface area contributed by atoms with Crippen molar-refractivity contribution >= 4 is 22.7 Å². The van der Waals surface area contributed by atoms with Crippen molar-refractivity contribution in [2.45, 2.75) is 13.8 Å². The molecule has 0 bridgehead atoms. The Hall–Kier alpha value is -2.10. The number of hydrogen-bond acceptors (Lipinski definition) is 3. The summed E-state index contributed by atoms with van der Waals surface area (Å²) in [4.78, 5) is 17.5. The van der Waals surface area contributed by atoms with Gasteiger partial charge < -0.3 is 10.0 Å². The molecule has 1 heterocycles. The third kappa shape index (κ3) is 3.02. The lowest BCUT2D eigenvalue weighted by Crippen LogP contribution is -2.32. The molecule has 2 aromatic rings. The number of pyridine rings is 1. The summed E-state index contributed by atoms with van der Waals surface area (Å²) < 4.78 is 0. The smallest absolute Gasteiger partial charge is 0.308 e. The second-order valence-corrected chi connectivity index (χ2v) is 4.64. The van der Waals surface area contributed by atoms with Gasteiger partial charge in [-0.05, 0) is 25.1 Å². The van der Waals surface area contributed by atoms with E-state index in [0.29, 0.717) is 6.54 Å². The number of anilines is 1. The highest BCUT2D eigenvalue weighted by Crippen LogP contribution is 2.18. The number of fused-ring (bicyclic) bond motifs is 1. The average molecular weight is 258 g/mol. The molecule has 4 nitrogen and oxygen atoms in total. The van der Waals surface area contributed by atoms with Gasteiger partial charge in [0, 0.05) is 18.5 Å². The molecule has 1 aromatic heterocycles. The number of rotatable bonds is 5. The Morgan fingerprint density at radius 3 is 2.74 bits per heavy atom. The van der Waals surface area contributed by atoms with Crippen LogP contribution in [0.5, 0.6) is 0 Å². The fourth-order valence-corrected chi connectivity index (χ4v) is 2.02. The maximum Gasteiger partial charge on any atom is 0.308 e. The highest BCUT2D eigenvalue weighted by molar-refractivity contribution is 5.80. The third-order valence-corrected chi connectivity index (χ3v) is 3.21. The van der Waals surface area contributed by atoms with Crippen molar-refractivity contribution in [3.63, 3.8) is 0 Å². The number of aliphatic carboxylic acids is 1. The first-order valence-electron chi connectivity index (χ1n) is 6.45. The molecule has 2 rings (SSSR count). The molecule has 1 atom stereocenters. The molecule has 0 aliphatic heterocycles. The van der Waals surface area contributed by atoms with E-state index in [0.717, 1.165) is 23.3 Å². The minimum absolute atomic E-state index is 0.409. The van der Waals surface area contributed by atoms with E-state index in [1.165, 1.54) is 0 Å². The first-order valence-corrected chi connectivity index (χ1v) is 6.45. The van der Waals surface area contributed by atoms with E-state index in [2.05, 4.69) is 4.98 Å². The molecule has 0 saturated heterocycles. The summed E-state index contributed by atoms with van der Waals surface area (Å²) in [6, 6.07) is 11.9. The van der Waals surface area contributed by atoms with Crippen molar-refractivity contribution in [3.05, 3.63) is 36.4 Å². The van der Waals surface area contributed by atoms with E-state index >= 15 is 0 Å². The minimum Gasteiger partial charge on any atom is -0.481 e. The van der Waals surface area contributed by atoms with E-state index in [9.17, 15) is 4.79 Å². The summed E-state index contributed by atoms with van der Waals surface area (Å²) in [7, 11) is 0. The fraction of sp³-hybridized carbons (Fsp3) is 0.333. The SMILES string of the molecule is CCN(CC(C)C(=O)O)c1ccc2ccccc2n1. The van der Waals surface area contributed by atoms with Crippen molar-refractivity contribution in [2.75, 3.05) is 18.0 Å². The lowest BCUT2D eigenvalue weighted by molar-refractivity contribution is -0.140. The van der Waals surface area contributed by atoms with Crippen LogP contribution >= 0.6 is 0 Å². The van der Waals surface area contributed by atoms with Crippen LogP contribution < -0.4 is 4.90 Å². The zero-order valence-electron chi connectivity index (χ0n) is 11.2. The molecule has 4 heteroatoms. The van der Waals surface area contributed by atoms with E-state index in [1.54, 1.807) is 6.92 Å². The van der Waals surface area contributed by atoms with Crippen LogP contribution in [0.2, 0.25) is 0 Å². The van der Waals surface area contributed by atoms with Gasteiger partial charge in [0.05, 0.1) is 11.4 Å². The maximum absolute atomic E-state index is 10.9. The predicted molar refractivity (Wildman–Crippen MR) is 76.4 cm³/mol. The Kier molecular flexibility index (Phi) is 4.00. The molecule has 1 unspecified atom stereocenters. The molecule has 0 fully saturated rings. The monoisotopic (exact) mass is 258 g/mol. The molecule has 0 aliphatic rings. The number of nitrogens with zero attached hydrogens (tertiary/aromatic N) is 2. The summed E-state index contributed by atoms with van der Waals surface area (Å²) in [5, 5.41) is 10.1. The first kappa shape index (κ1) is 13.3. The van der Waals surface area contributed by atoms with Crippen molar-refractivity contribution < 1.29 is 9.90 Å². The van der Waals surface area contributed by atoms with Gasteiger partial charge in [0.15, 0.2) is 0 Å². The molecule has 0 radical (unpaired) electrons. The van der Waals surface area contributed by atoms with Crippen LogP contribution in [0.25, 0.3) is 10.9 Å². The van der Waals surface area contributed by atoms with Gasteiger partial charge in [0.1, 0.15) is 5.82 Å². The molecule has 100 valence electrons. The second kappa shape index (κ2) is 5.69.